The molecule has 1 aromatic rings. The fourth-order valence-electron chi connectivity index (χ4n) is 1.59. The molecule has 0 amide bonds. The standard InChI is InChI=1S/C12H20NP.2C2H6/c1-3-9-13(10-4-2)11-5-7-12(14)8-6-11;2*1-2/h5-8H,3-4,9-10,14H2,1-2H3;2*1-2H3. The Morgan fingerprint density at radius 3 is 1.56 bits per heavy atom. The van der Waals surface area contributed by atoms with Crippen LogP contribution >= 0.6 is 9.24 Å². The van der Waals surface area contributed by atoms with Gasteiger partial charge < -0.3 is 4.90 Å². The summed E-state index contributed by atoms with van der Waals surface area (Å²) in [4.78, 5) is 2.45. The Morgan fingerprint density at radius 2 is 1.22 bits per heavy atom. The minimum absolute atomic E-state index is 1.16. The second-order valence-corrected chi connectivity index (χ2v) is 4.25. The van der Waals surface area contributed by atoms with Crippen molar-refractivity contribution in [1.29, 1.82) is 0 Å². The van der Waals surface area contributed by atoms with Crippen LogP contribution in [0.25, 0.3) is 0 Å². The number of hydrogen-bond donors (Lipinski definition) is 0. The lowest BCUT2D eigenvalue weighted by atomic mass is 10.2. The topological polar surface area (TPSA) is 3.24 Å². The fraction of sp³-hybridized carbons (Fsp3) is 0.625. The minimum Gasteiger partial charge on any atom is -0.372 e. The van der Waals surface area contributed by atoms with E-state index >= 15 is 0 Å². The molecular weight excluding hydrogens is 237 g/mol. The van der Waals surface area contributed by atoms with Gasteiger partial charge in [0.05, 0.1) is 0 Å². The highest BCUT2D eigenvalue weighted by Crippen LogP contribution is 2.13. The third-order valence-electron chi connectivity index (χ3n) is 2.25. The molecule has 0 heterocycles. The molecule has 106 valence electrons. The zero-order valence-electron chi connectivity index (χ0n) is 13.2. The normalized spacial score (nSPS) is 8.61. The molecule has 18 heavy (non-hydrogen) atoms. The number of anilines is 1. The van der Waals surface area contributed by atoms with Gasteiger partial charge in [-0.3, -0.25) is 0 Å². The molecular formula is C16H32NP. The summed E-state index contributed by atoms with van der Waals surface area (Å²) in [6.07, 6.45) is 2.42. The van der Waals surface area contributed by atoms with Crippen LogP contribution in [0.3, 0.4) is 0 Å². The van der Waals surface area contributed by atoms with Gasteiger partial charge in [-0.1, -0.05) is 53.7 Å². The Hall–Kier alpha value is -0.550. The van der Waals surface area contributed by atoms with Crippen molar-refractivity contribution in [2.75, 3.05) is 18.0 Å². The molecule has 0 spiro atoms. The van der Waals surface area contributed by atoms with Gasteiger partial charge in [0.1, 0.15) is 0 Å². The summed E-state index contributed by atoms with van der Waals surface area (Å²) in [5, 5.41) is 1.25. The molecule has 0 fully saturated rings. The van der Waals surface area contributed by atoms with Gasteiger partial charge in [-0.25, -0.2) is 0 Å². The average Bonchev–Trinajstić information content (AvgIpc) is 2.44. The van der Waals surface area contributed by atoms with Crippen LogP contribution in [-0.4, -0.2) is 13.1 Å². The van der Waals surface area contributed by atoms with Crippen LogP contribution in [0.15, 0.2) is 24.3 Å². The summed E-state index contributed by atoms with van der Waals surface area (Å²) in [6.45, 7) is 14.8. The second kappa shape index (κ2) is 14.5. The quantitative estimate of drug-likeness (QED) is 0.690. The molecule has 0 radical (unpaired) electrons. The Morgan fingerprint density at radius 1 is 0.833 bits per heavy atom. The number of benzene rings is 1. The molecule has 0 saturated heterocycles. The molecule has 1 nitrogen and oxygen atoms in total. The predicted molar refractivity (Wildman–Crippen MR) is 91.3 cm³/mol. The van der Waals surface area contributed by atoms with Crippen molar-refractivity contribution >= 4 is 20.2 Å². The summed E-state index contributed by atoms with van der Waals surface area (Å²) < 4.78 is 0. The maximum atomic E-state index is 2.72. The summed E-state index contributed by atoms with van der Waals surface area (Å²) in [5.41, 5.74) is 1.35. The van der Waals surface area contributed by atoms with E-state index in [0.29, 0.717) is 0 Å². The van der Waals surface area contributed by atoms with Crippen LogP contribution in [0.2, 0.25) is 0 Å². The molecule has 1 aromatic carbocycles. The van der Waals surface area contributed by atoms with E-state index in [1.807, 2.05) is 27.7 Å². The van der Waals surface area contributed by atoms with Crippen molar-refractivity contribution in [3.63, 3.8) is 0 Å². The Balaban J connectivity index is 0. The first kappa shape index (κ1) is 19.8. The summed E-state index contributed by atoms with van der Waals surface area (Å²) >= 11 is 0. The van der Waals surface area contributed by atoms with Crippen molar-refractivity contribution in [2.45, 2.75) is 54.4 Å². The van der Waals surface area contributed by atoms with Crippen LogP contribution in [0.1, 0.15) is 54.4 Å². The zero-order chi connectivity index (χ0) is 14.4. The molecule has 1 unspecified atom stereocenters. The van der Waals surface area contributed by atoms with Crippen molar-refractivity contribution in [3.8, 4) is 0 Å². The lowest BCUT2D eigenvalue weighted by Gasteiger charge is -2.23. The van der Waals surface area contributed by atoms with Crippen molar-refractivity contribution in [1.82, 2.24) is 0 Å². The van der Waals surface area contributed by atoms with E-state index in [9.17, 15) is 0 Å². The highest BCUT2D eigenvalue weighted by atomic mass is 31.0. The molecule has 1 rings (SSSR count). The van der Waals surface area contributed by atoms with Gasteiger partial charge in [-0.2, -0.15) is 0 Å². The molecule has 0 aliphatic carbocycles. The van der Waals surface area contributed by atoms with E-state index < -0.39 is 0 Å². The molecule has 0 saturated carbocycles. The SMILES string of the molecule is CC.CC.CCCN(CCC)c1ccc(P)cc1. The smallest absolute Gasteiger partial charge is 0.0366 e. The van der Waals surface area contributed by atoms with E-state index in [1.165, 1.54) is 23.8 Å². The van der Waals surface area contributed by atoms with Crippen LogP contribution in [0, 0.1) is 0 Å². The van der Waals surface area contributed by atoms with E-state index in [-0.39, 0.29) is 0 Å². The maximum Gasteiger partial charge on any atom is 0.0366 e. The zero-order valence-corrected chi connectivity index (χ0v) is 14.3. The maximum absolute atomic E-state index is 2.72. The van der Waals surface area contributed by atoms with Crippen molar-refractivity contribution in [2.24, 2.45) is 0 Å². The molecule has 0 N–H and O–H groups in total. The first-order chi connectivity index (χ1) is 8.77. The summed E-state index contributed by atoms with van der Waals surface area (Å²) in [5.74, 6) is 0. The second-order valence-electron chi connectivity index (χ2n) is 3.58. The van der Waals surface area contributed by atoms with E-state index in [1.54, 1.807) is 0 Å². The van der Waals surface area contributed by atoms with E-state index in [2.05, 4.69) is 52.3 Å². The molecule has 0 bridgehead atoms. The van der Waals surface area contributed by atoms with Crippen LogP contribution < -0.4 is 10.2 Å². The lowest BCUT2D eigenvalue weighted by Crippen LogP contribution is -2.24. The Kier molecular flexibility index (Phi) is 15.9. The molecule has 2 heteroatoms. The largest absolute Gasteiger partial charge is 0.372 e. The minimum atomic E-state index is 1.16. The summed E-state index contributed by atoms with van der Waals surface area (Å²) in [7, 11) is 2.72. The van der Waals surface area contributed by atoms with Crippen LogP contribution in [-0.2, 0) is 0 Å². The first-order valence-electron chi connectivity index (χ1n) is 7.38. The van der Waals surface area contributed by atoms with Crippen molar-refractivity contribution < 1.29 is 0 Å². The first-order valence-corrected chi connectivity index (χ1v) is 7.96. The van der Waals surface area contributed by atoms with Gasteiger partial charge in [-0.05, 0) is 30.3 Å². The third-order valence-corrected chi connectivity index (χ3v) is 2.63. The van der Waals surface area contributed by atoms with Gasteiger partial charge in [-0.15, -0.1) is 9.24 Å². The molecule has 0 aliphatic rings. The monoisotopic (exact) mass is 269 g/mol. The average molecular weight is 269 g/mol. The van der Waals surface area contributed by atoms with Crippen LogP contribution in [0.5, 0.6) is 0 Å². The molecule has 0 aromatic heterocycles. The van der Waals surface area contributed by atoms with E-state index in [4.69, 9.17) is 0 Å². The number of hydrogen-bond acceptors (Lipinski definition) is 1. The molecule has 1 atom stereocenters. The van der Waals surface area contributed by atoms with Crippen molar-refractivity contribution in [3.05, 3.63) is 24.3 Å². The fourth-order valence-corrected chi connectivity index (χ4v) is 1.79. The van der Waals surface area contributed by atoms with Gasteiger partial charge in [0.25, 0.3) is 0 Å². The van der Waals surface area contributed by atoms with Crippen LogP contribution in [0.4, 0.5) is 5.69 Å². The highest BCUT2D eigenvalue weighted by molar-refractivity contribution is 7.27. The van der Waals surface area contributed by atoms with E-state index in [0.717, 1.165) is 13.1 Å². The summed E-state index contributed by atoms with van der Waals surface area (Å²) in [6, 6.07) is 8.71. The van der Waals surface area contributed by atoms with Gasteiger partial charge >= 0.3 is 0 Å². The number of rotatable bonds is 5. The lowest BCUT2D eigenvalue weighted by molar-refractivity contribution is 0.745. The number of nitrogens with zero attached hydrogens (tertiary/aromatic N) is 1. The Labute approximate surface area is 117 Å². The van der Waals surface area contributed by atoms with Gasteiger partial charge in [0.2, 0.25) is 0 Å². The predicted octanol–water partition coefficient (Wildman–Crippen LogP) is 4.87. The van der Waals surface area contributed by atoms with Gasteiger partial charge in [0, 0.05) is 18.8 Å². The third kappa shape index (κ3) is 8.53. The highest BCUT2D eigenvalue weighted by Gasteiger charge is 2.02. The Bertz CT molecular complexity index is 250. The van der Waals surface area contributed by atoms with Gasteiger partial charge in [0.15, 0.2) is 0 Å². The molecule has 0 aliphatic heterocycles.